The zero-order chi connectivity index (χ0) is 15.0. The van der Waals surface area contributed by atoms with Gasteiger partial charge >= 0.3 is 0 Å². The first-order valence-corrected chi connectivity index (χ1v) is 8.12. The smallest absolute Gasteiger partial charge is 0.0134 e. The third kappa shape index (κ3) is 6.93. The van der Waals surface area contributed by atoms with Gasteiger partial charge in [-0.25, -0.2) is 0 Å². The van der Waals surface area contributed by atoms with Gasteiger partial charge in [0.15, 0.2) is 0 Å². The average molecular weight is 272 g/mol. The topological polar surface area (TPSA) is 0 Å². The highest BCUT2D eigenvalue weighted by Crippen LogP contribution is 2.24. The second kappa shape index (κ2) is 9.00. The Morgan fingerprint density at radius 2 is 1.80 bits per heavy atom. The Labute approximate surface area is 126 Å². The van der Waals surface area contributed by atoms with Crippen LogP contribution in [0.25, 0.3) is 0 Å². The molecule has 0 atom stereocenters. The summed E-state index contributed by atoms with van der Waals surface area (Å²) in [6.07, 6.45) is 16.6. The molecular formula is C20H32. The quantitative estimate of drug-likeness (QED) is 0.487. The molecule has 0 saturated heterocycles. The average Bonchev–Trinajstić information content (AvgIpc) is 2.40. The lowest BCUT2D eigenvalue weighted by molar-refractivity contribution is 0.632. The minimum Gasteiger partial charge on any atom is -0.0844 e. The molecule has 20 heavy (non-hydrogen) atoms. The Balaban J connectivity index is 0.000000200. The standard InChI is InChI=1S/2C10H16/c1-8(2)10-6-4-9(3)5-7-10;1-9(2)8-10-6-4-3-5-7-10/h4H,5-7H2,1-3H3;3-4,7,9H,5-6,8H2,1-2H3. The first kappa shape index (κ1) is 17.0. The van der Waals surface area contributed by atoms with E-state index in [0.717, 1.165) is 12.3 Å². The second-order valence-corrected chi connectivity index (χ2v) is 6.73. The van der Waals surface area contributed by atoms with Crippen LogP contribution in [0.1, 0.15) is 73.1 Å². The molecule has 0 aliphatic heterocycles. The van der Waals surface area contributed by atoms with Crippen LogP contribution in [0.15, 0.2) is 46.6 Å². The van der Waals surface area contributed by atoms with Gasteiger partial charge in [-0.05, 0) is 65.2 Å². The largest absolute Gasteiger partial charge is 0.0844 e. The van der Waals surface area contributed by atoms with E-state index in [0.29, 0.717) is 0 Å². The van der Waals surface area contributed by atoms with Crippen LogP contribution in [-0.4, -0.2) is 0 Å². The fraction of sp³-hybridized carbons (Fsp3) is 0.600. The summed E-state index contributed by atoms with van der Waals surface area (Å²) in [4.78, 5) is 0. The van der Waals surface area contributed by atoms with Crippen molar-refractivity contribution in [1.82, 2.24) is 0 Å². The highest BCUT2D eigenvalue weighted by molar-refractivity contribution is 5.21. The maximum Gasteiger partial charge on any atom is -0.0134 e. The van der Waals surface area contributed by atoms with Gasteiger partial charge in [-0.3, -0.25) is 0 Å². The molecule has 0 bridgehead atoms. The summed E-state index contributed by atoms with van der Waals surface area (Å²) in [6, 6.07) is 0. The van der Waals surface area contributed by atoms with E-state index in [1.165, 1.54) is 37.7 Å². The fourth-order valence-corrected chi connectivity index (χ4v) is 2.64. The van der Waals surface area contributed by atoms with Crippen molar-refractivity contribution < 1.29 is 0 Å². The molecule has 0 nitrogen and oxygen atoms in total. The summed E-state index contributed by atoms with van der Waals surface area (Å²) in [5, 5.41) is 0. The Kier molecular flexibility index (Phi) is 7.65. The Morgan fingerprint density at radius 3 is 2.25 bits per heavy atom. The summed E-state index contributed by atoms with van der Waals surface area (Å²) in [5.41, 5.74) is 6.34. The summed E-state index contributed by atoms with van der Waals surface area (Å²) in [7, 11) is 0. The van der Waals surface area contributed by atoms with Gasteiger partial charge in [0, 0.05) is 0 Å². The van der Waals surface area contributed by atoms with Gasteiger partial charge in [0.1, 0.15) is 0 Å². The van der Waals surface area contributed by atoms with E-state index < -0.39 is 0 Å². The fourth-order valence-electron chi connectivity index (χ4n) is 2.64. The van der Waals surface area contributed by atoms with Gasteiger partial charge in [0.25, 0.3) is 0 Å². The Hall–Kier alpha value is -1.04. The van der Waals surface area contributed by atoms with Crippen LogP contribution >= 0.6 is 0 Å². The molecule has 0 unspecified atom stereocenters. The second-order valence-electron chi connectivity index (χ2n) is 6.73. The van der Waals surface area contributed by atoms with Crippen molar-refractivity contribution in [2.24, 2.45) is 5.92 Å². The lowest BCUT2D eigenvalue weighted by Crippen LogP contribution is -1.93. The number of rotatable bonds is 2. The van der Waals surface area contributed by atoms with Gasteiger partial charge in [-0.2, -0.15) is 0 Å². The lowest BCUT2D eigenvalue weighted by atomic mass is 9.93. The zero-order valence-corrected chi connectivity index (χ0v) is 14.1. The number of hydrogen-bond donors (Lipinski definition) is 0. The molecule has 2 aliphatic rings. The van der Waals surface area contributed by atoms with Crippen LogP contribution in [0.5, 0.6) is 0 Å². The summed E-state index contributed by atoms with van der Waals surface area (Å²) in [6.45, 7) is 11.2. The zero-order valence-electron chi connectivity index (χ0n) is 14.1. The minimum atomic E-state index is 0.817. The molecule has 2 aliphatic carbocycles. The van der Waals surface area contributed by atoms with Crippen LogP contribution in [0.4, 0.5) is 0 Å². The highest BCUT2D eigenvalue weighted by atomic mass is 14.1. The van der Waals surface area contributed by atoms with Gasteiger partial charge < -0.3 is 0 Å². The normalized spacial score (nSPS) is 18.2. The van der Waals surface area contributed by atoms with E-state index in [2.05, 4.69) is 58.9 Å². The molecule has 0 N–H and O–H groups in total. The maximum absolute atomic E-state index is 2.36. The molecule has 0 aromatic rings. The maximum atomic E-state index is 2.36. The predicted octanol–water partition coefficient (Wildman–Crippen LogP) is 6.76. The van der Waals surface area contributed by atoms with Gasteiger partial charge in [-0.1, -0.05) is 60.4 Å². The molecule has 0 heteroatoms. The van der Waals surface area contributed by atoms with Gasteiger partial charge in [0.2, 0.25) is 0 Å². The third-order valence-corrected chi connectivity index (χ3v) is 3.98. The summed E-state index contributed by atoms with van der Waals surface area (Å²) in [5.74, 6) is 0.817. The van der Waals surface area contributed by atoms with Crippen LogP contribution in [0.3, 0.4) is 0 Å². The Morgan fingerprint density at radius 1 is 1.05 bits per heavy atom. The van der Waals surface area contributed by atoms with Crippen LogP contribution in [-0.2, 0) is 0 Å². The molecule has 112 valence electrons. The number of allylic oxidation sites excluding steroid dienone is 8. The molecule has 0 amide bonds. The SMILES string of the molecule is CC(C)CC1=CCC=CC1.CC1=CCC(=C(C)C)CC1. The van der Waals surface area contributed by atoms with E-state index in [1.54, 1.807) is 16.7 Å². The van der Waals surface area contributed by atoms with Crippen molar-refractivity contribution >= 4 is 0 Å². The van der Waals surface area contributed by atoms with Crippen molar-refractivity contribution in [2.75, 3.05) is 0 Å². The molecule has 0 spiro atoms. The predicted molar refractivity (Wildman–Crippen MR) is 91.9 cm³/mol. The molecule has 0 aromatic carbocycles. The molecule has 0 heterocycles. The van der Waals surface area contributed by atoms with Crippen molar-refractivity contribution in [2.45, 2.75) is 73.1 Å². The minimum absolute atomic E-state index is 0.817. The van der Waals surface area contributed by atoms with Crippen molar-refractivity contribution in [3.63, 3.8) is 0 Å². The molecule has 0 radical (unpaired) electrons. The molecule has 0 aromatic heterocycles. The first-order chi connectivity index (χ1) is 9.49. The van der Waals surface area contributed by atoms with E-state index in [1.807, 2.05) is 0 Å². The van der Waals surface area contributed by atoms with Crippen LogP contribution in [0.2, 0.25) is 0 Å². The molecular weight excluding hydrogens is 240 g/mol. The van der Waals surface area contributed by atoms with Gasteiger partial charge in [-0.15, -0.1) is 0 Å². The Bertz CT molecular complexity index is 409. The van der Waals surface area contributed by atoms with E-state index in [4.69, 9.17) is 0 Å². The summed E-state index contributed by atoms with van der Waals surface area (Å²) >= 11 is 0. The molecule has 2 rings (SSSR count). The highest BCUT2D eigenvalue weighted by Gasteiger charge is 2.04. The molecule has 0 fully saturated rings. The van der Waals surface area contributed by atoms with Crippen molar-refractivity contribution in [1.29, 1.82) is 0 Å². The van der Waals surface area contributed by atoms with Gasteiger partial charge in [0.05, 0.1) is 0 Å². The first-order valence-electron chi connectivity index (χ1n) is 8.12. The molecule has 0 saturated carbocycles. The lowest BCUT2D eigenvalue weighted by Gasteiger charge is -2.13. The van der Waals surface area contributed by atoms with E-state index in [9.17, 15) is 0 Å². The summed E-state index contributed by atoms with van der Waals surface area (Å²) < 4.78 is 0. The van der Waals surface area contributed by atoms with E-state index in [-0.39, 0.29) is 0 Å². The third-order valence-electron chi connectivity index (χ3n) is 3.98. The van der Waals surface area contributed by atoms with Crippen molar-refractivity contribution in [3.05, 3.63) is 46.6 Å². The van der Waals surface area contributed by atoms with Crippen molar-refractivity contribution in [3.8, 4) is 0 Å². The van der Waals surface area contributed by atoms with Crippen LogP contribution < -0.4 is 0 Å². The number of hydrogen-bond acceptors (Lipinski definition) is 0. The van der Waals surface area contributed by atoms with E-state index >= 15 is 0 Å². The van der Waals surface area contributed by atoms with Crippen LogP contribution in [0, 0.1) is 5.92 Å². The monoisotopic (exact) mass is 272 g/mol.